The topological polar surface area (TPSA) is 68.0 Å². The molecule has 0 aliphatic carbocycles. The predicted octanol–water partition coefficient (Wildman–Crippen LogP) is 3.04. The Morgan fingerprint density at radius 3 is 2.67 bits per heavy atom. The van der Waals surface area contributed by atoms with Gasteiger partial charge < -0.3 is 5.11 Å². The summed E-state index contributed by atoms with van der Waals surface area (Å²) in [6, 6.07) is 7.76. The monoisotopic (exact) mass is 281 g/mol. The van der Waals surface area contributed by atoms with Crippen molar-refractivity contribution in [1.29, 1.82) is 0 Å². The van der Waals surface area contributed by atoms with Gasteiger partial charge in [0.2, 0.25) is 0 Å². The van der Waals surface area contributed by atoms with Crippen LogP contribution in [-0.4, -0.2) is 25.8 Å². The maximum atomic E-state index is 11.1. The van der Waals surface area contributed by atoms with E-state index >= 15 is 0 Å². The molecular formula is C16H15N3O2. The van der Waals surface area contributed by atoms with Crippen molar-refractivity contribution in [2.75, 3.05) is 0 Å². The number of carboxylic acids is 1. The fourth-order valence-corrected chi connectivity index (χ4v) is 2.38. The van der Waals surface area contributed by atoms with E-state index in [1.54, 1.807) is 10.7 Å². The average molecular weight is 281 g/mol. The van der Waals surface area contributed by atoms with E-state index in [0.717, 1.165) is 27.9 Å². The fraction of sp³-hybridized carbons (Fsp3) is 0.188. The van der Waals surface area contributed by atoms with Gasteiger partial charge in [-0.2, -0.15) is 5.10 Å². The summed E-state index contributed by atoms with van der Waals surface area (Å²) in [7, 11) is 0. The molecule has 0 saturated carbocycles. The van der Waals surface area contributed by atoms with Crippen LogP contribution in [0.5, 0.6) is 0 Å². The maximum Gasteiger partial charge on any atom is 0.337 e. The largest absolute Gasteiger partial charge is 0.478 e. The third kappa shape index (κ3) is 2.16. The Balaban J connectivity index is 2.29. The molecule has 0 aliphatic heterocycles. The Bertz CT molecular complexity index is 865. The minimum Gasteiger partial charge on any atom is -0.478 e. The molecule has 1 N–H and O–H groups in total. The Morgan fingerprint density at radius 2 is 1.95 bits per heavy atom. The van der Waals surface area contributed by atoms with Crippen molar-refractivity contribution in [2.24, 2.45) is 0 Å². The van der Waals surface area contributed by atoms with E-state index in [4.69, 9.17) is 5.11 Å². The van der Waals surface area contributed by atoms with Crippen molar-refractivity contribution in [2.45, 2.75) is 20.8 Å². The van der Waals surface area contributed by atoms with Crippen molar-refractivity contribution in [3.63, 3.8) is 0 Å². The van der Waals surface area contributed by atoms with Gasteiger partial charge in [-0.25, -0.2) is 14.5 Å². The number of aryl methyl sites for hydroxylation is 3. The summed E-state index contributed by atoms with van der Waals surface area (Å²) in [5.41, 5.74) is 4.80. The van der Waals surface area contributed by atoms with Crippen LogP contribution in [0.15, 0.2) is 30.5 Å². The molecule has 0 atom stereocenters. The lowest BCUT2D eigenvalue weighted by Crippen LogP contribution is -2.02. The minimum absolute atomic E-state index is 0.172. The molecule has 0 unspecified atom stereocenters. The number of hydrogen-bond acceptors (Lipinski definition) is 3. The first-order chi connectivity index (χ1) is 9.97. The standard InChI is InChI=1S/C16H15N3O2/c1-9-4-5-10(2)14(6-9)19-15-13(11(3)18-19)7-12(8-17-15)16(20)21/h4-8H,1-3H3,(H,20,21). The molecule has 3 aromatic rings. The second-order valence-corrected chi connectivity index (χ2v) is 5.19. The normalized spacial score (nSPS) is 11.0. The number of nitrogens with zero attached hydrogens (tertiary/aromatic N) is 3. The highest BCUT2D eigenvalue weighted by Gasteiger charge is 2.14. The molecule has 0 amide bonds. The van der Waals surface area contributed by atoms with Gasteiger partial charge in [0.05, 0.1) is 16.9 Å². The van der Waals surface area contributed by atoms with Crippen LogP contribution in [0.1, 0.15) is 27.2 Å². The summed E-state index contributed by atoms with van der Waals surface area (Å²) < 4.78 is 1.78. The molecular weight excluding hydrogens is 266 g/mol. The molecule has 5 nitrogen and oxygen atoms in total. The summed E-state index contributed by atoms with van der Waals surface area (Å²) in [5.74, 6) is -0.983. The molecule has 0 fully saturated rings. The molecule has 21 heavy (non-hydrogen) atoms. The molecule has 0 aliphatic rings. The zero-order valence-corrected chi connectivity index (χ0v) is 12.1. The van der Waals surface area contributed by atoms with E-state index < -0.39 is 5.97 Å². The predicted molar refractivity (Wildman–Crippen MR) is 80.0 cm³/mol. The molecule has 1 aromatic carbocycles. The third-order valence-electron chi connectivity index (χ3n) is 3.55. The molecule has 0 saturated heterocycles. The van der Waals surface area contributed by atoms with Crippen LogP contribution in [-0.2, 0) is 0 Å². The van der Waals surface area contributed by atoms with E-state index in [-0.39, 0.29) is 5.56 Å². The highest BCUT2D eigenvalue weighted by atomic mass is 16.4. The number of pyridine rings is 1. The van der Waals surface area contributed by atoms with E-state index in [1.165, 1.54) is 6.20 Å². The lowest BCUT2D eigenvalue weighted by molar-refractivity contribution is 0.0696. The van der Waals surface area contributed by atoms with Gasteiger partial charge in [-0.1, -0.05) is 12.1 Å². The molecule has 2 aromatic heterocycles. The number of carbonyl (C=O) groups is 1. The van der Waals surface area contributed by atoms with Gasteiger partial charge in [0.25, 0.3) is 0 Å². The molecule has 0 spiro atoms. The van der Waals surface area contributed by atoms with Gasteiger partial charge in [0.15, 0.2) is 5.65 Å². The van der Waals surface area contributed by atoms with Crippen LogP contribution < -0.4 is 0 Å². The molecule has 2 heterocycles. The van der Waals surface area contributed by atoms with Gasteiger partial charge in [0.1, 0.15) is 0 Å². The Morgan fingerprint density at radius 1 is 1.19 bits per heavy atom. The van der Waals surface area contributed by atoms with Crippen LogP contribution in [0, 0.1) is 20.8 Å². The zero-order valence-electron chi connectivity index (χ0n) is 12.1. The summed E-state index contributed by atoms with van der Waals surface area (Å²) in [5, 5.41) is 14.4. The van der Waals surface area contributed by atoms with Crippen molar-refractivity contribution in [3.8, 4) is 5.69 Å². The first-order valence-electron chi connectivity index (χ1n) is 6.63. The van der Waals surface area contributed by atoms with E-state index in [0.29, 0.717) is 5.65 Å². The van der Waals surface area contributed by atoms with Gasteiger partial charge >= 0.3 is 5.97 Å². The van der Waals surface area contributed by atoms with Crippen molar-refractivity contribution >= 4 is 17.0 Å². The highest BCUT2D eigenvalue weighted by Crippen LogP contribution is 2.23. The van der Waals surface area contributed by atoms with E-state index in [9.17, 15) is 4.79 Å². The molecule has 106 valence electrons. The number of rotatable bonds is 2. The van der Waals surface area contributed by atoms with E-state index in [2.05, 4.69) is 10.1 Å². The Labute approximate surface area is 121 Å². The van der Waals surface area contributed by atoms with Gasteiger partial charge in [0, 0.05) is 11.6 Å². The second-order valence-electron chi connectivity index (χ2n) is 5.19. The number of benzene rings is 1. The van der Waals surface area contributed by atoms with Crippen LogP contribution >= 0.6 is 0 Å². The molecule has 3 rings (SSSR count). The average Bonchev–Trinajstić information content (AvgIpc) is 2.78. The first-order valence-corrected chi connectivity index (χ1v) is 6.63. The summed E-state index contributed by atoms with van der Waals surface area (Å²) >= 11 is 0. The van der Waals surface area contributed by atoms with Crippen LogP contribution in [0.2, 0.25) is 0 Å². The smallest absolute Gasteiger partial charge is 0.337 e. The van der Waals surface area contributed by atoms with E-state index in [1.807, 2.05) is 39.0 Å². The quantitative estimate of drug-likeness (QED) is 0.784. The van der Waals surface area contributed by atoms with Crippen molar-refractivity contribution in [1.82, 2.24) is 14.8 Å². The van der Waals surface area contributed by atoms with Gasteiger partial charge in [-0.3, -0.25) is 0 Å². The number of aromatic nitrogens is 3. The Hall–Kier alpha value is -2.69. The lowest BCUT2D eigenvalue weighted by atomic mass is 10.1. The van der Waals surface area contributed by atoms with Crippen molar-refractivity contribution in [3.05, 3.63) is 52.8 Å². The molecule has 5 heteroatoms. The lowest BCUT2D eigenvalue weighted by Gasteiger charge is -2.08. The van der Waals surface area contributed by atoms with Gasteiger partial charge in [-0.15, -0.1) is 0 Å². The number of fused-ring (bicyclic) bond motifs is 1. The molecule has 0 radical (unpaired) electrons. The number of hydrogen-bond donors (Lipinski definition) is 1. The molecule has 0 bridgehead atoms. The minimum atomic E-state index is -0.983. The fourth-order valence-electron chi connectivity index (χ4n) is 2.38. The first kappa shape index (κ1) is 13.3. The zero-order chi connectivity index (χ0) is 15.1. The third-order valence-corrected chi connectivity index (χ3v) is 3.55. The summed E-state index contributed by atoms with van der Waals surface area (Å²) in [6.07, 6.45) is 1.37. The second kappa shape index (κ2) is 4.70. The van der Waals surface area contributed by atoms with Gasteiger partial charge in [-0.05, 0) is 44.0 Å². The SMILES string of the molecule is Cc1ccc(C)c(-n2nc(C)c3cc(C(=O)O)cnc32)c1. The number of carboxylic acid groups (broad SMARTS) is 1. The maximum absolute atomic E-state index is 11.1. The summed E-state index contributed by atoms with van der Waals surface area (Å²) in [6.45, 7) is 5.90. The van der Waals surface area contributed by atoms with Crippen molar-refractivity contribution < 1.29 is 9.90 Å². The van der Waals surface area contributed by atoms with Crippen LogP contribution in [0.4, 0.5) is 0 Å². The Kier molecular flexibility index (Phi) is 2.97. The summed E-state index contributed by atoms with van der Waals surface area (Å²) in [4.78, 5) is 15.4. The number of aromatic carboxylic acids is 1. The van der Waals surface area contributed by atoms with Crippen LogP contribution in [0.3, 0.4) is 0 Å². The highest BCUT2D eigenvalue weighted by molar-refractivity contribution is 5.92. The van der Waals surface area contributed by atoms with Crippen LogP contribution in [0.25, 0.3) is 16.7 Å².